The fourth-order valence-electron chi connectivity index (χ4n) is 5.67. The van der Waals surface area contributed by atoms with E-state index in [1.54, 1.807) is 23.1 Å². The standard InChI is InChI=1S/C27H35F2N7O2/c1-17-13-18(24(37)31-19-11-12-34(2)15-19)9-10-21(17)32-26-30-14-22-23(33-26)36(20-7-5-4-6-8-20)16-27(28,29)25(38)35(22)3/h9-10,13-14,19-20H,4-8,11-12,15-16H2,1-3H3,(H,31,37)(H,30,32,33). The highest BCUT2D eigenvalue weighted by Gasteiger charge is 2.48. The number of rotatable bonds is 5. The summed E-state index contributed by atoms with van der Waals surface area (Å²) < 4.78 is 29.8. The van der Waals surface area contributed by atoms with Crippen LogP contribution in [0.4, 0.5) is 31.9 Å². The molecule has 0 bridgehead atoms. The summed E-state index contributed by atoms with van der Waals surface area (Å²) in [6, 6.07) is 5.37. The summed E-state index contributed by atoms with van der Waals surface area (Å²) in [5.41, 5.74) is 2.36. The number of likely N-dealkylation sites (tertiary alicyclic amines) is 1. The number of aryl methyl sites for hydroxylation is 1. The molecule has 2 aliphatic heterocycles. The molecule has 9 nitrogen and oxygen atoms in total. The molecule has 11 heteroatoms. The monoisotopic (exact) mass is 527 g/mol. The minimum Gasteiger partial charge on any atom is -0.348 e. The Labute approximate surface area is 221 Å². The minimum absolute atomic E-state index is 0.113. The Morgan fingerprint density at radius 2 is 1.89 bits per heavy atom. The van der Waals surface area contributed by atoms with Crippen LogP contribution in [0.2, 0.25) is 0 Å². The van der Waals surface area contributed by atoms with E-state index in [1.807, 2.05) is 14.0 Å². The summed E-state index contributed by atoms with van der Waals surface area (Å²) in [6.07, 6.45) is 6.90. The maximum Gasteiger partial charge on any atom is 0.342 e. The van der Waals surface area contributed by atoms with Crippen molar-refractivity contribution in [3.8, 4) is 0 Å². The number of aromatic nitrogens is 2. The molecule has 3 heterocycles. The zero-order valence-corrected chi connectivity index (χ0v) is 22.1. The second-order valence-corrected chi connectivity index (χ2v) is 10.8. The van der Waals surface area contributed by atoms with Gasteiger partial charge in [-0.25, -0.2) is 4.98 Å². The van der Waals surface area contributed by atoms with Gasteiger partial charge in [0.25, 0.3) is 11.8 Å². The molecule has 3 aliphatic rings. The van der Waals surface area contributed by atoms with E-state index < -0.39 is 18.4 Å². The number of carbonyl (C=O) groups is 2. The molecule has 204 valence electrons. The molecule has 1 aromatic carbocycles. The van der Waals surface area contributed by atoms with Gasteiger partial charge in [-0.05, 0) is 63.5 Å². The number of alkyl halides is 2. The number of anilines is 4. The first-order chi connectivity index (χ1) is 18.1. The van der Waals surface area contributed by atoms with E-state index in [4.69, 9.17) is 0 Å². The van der Waals surface area contributed by atoms with E-state index in [-0.39, 0.29) is 29.6 Å². The number of nitrogens with zero attached hydrogens (tertiary/aromatic N) is 5. The third-order valence-corrected chi connectivity index (χ3v) is 7.85. The van der Waals surface area contributed by atoms with Crippen LogP contribution in [0.1, 0.15) is 54.4 Å². The van der Waals surface area contributed by atoms with Gasteiger partial charge in [0, 0.05) is 36.9 Å². The minimum atomic E-state index is -3.53. The molecule has 1 unspecified atom stereocenters. The van der Waals surface area contributed by atoms with Gasteiger partial charge in [0.2, 0.25) is 5.95 Å². The van der Waals surface area contributed by atoms with Gasteiger partial charge in [0.15, 0.2) is 5.82 Å². The van der Waals surface area contributed by atoms with Gasteiger partial charge in [0.05, 0.1) is 12.7 Å². The quantitative estimate of drug-likeness (QED) is 0.612. The zero-order chi connectivity index (χ0) is 27.0. The molecule has 2 aromatic rings. The van der Waals surface area contributed by atoms with E-state index >= 15 is 0 Å². The molecular weight excluding hydrogens is 492 g/mol. The summed E-state index contributed by atoms with van der Waals surface area (Å²) in [5, 5.41) is 6.27. The second-order valence-electron chi connectivity index (χ2n) is 10.8. The summed E-state index contributed by atoms with van der Waals surface area (Å²) in [6.45, 7) is 2.98. The lowest BCUT2D eigenvalue weighted by molar-refractivity contribution is -0.140. The number of carbonyl (C=O) groups excluding carboxylic acids is 2. The first-order valence-electron chi connectivity index (χ1n) is 13.3. The lowest BCUT2D eigenvalue weighted by atomic mass is 9.94. The maximum absolute atomic E-state index is 14.9. The Kier molecular flexibility index (Phi) is 7.21. The summed E-state index contributed by atoms with van der Waals surface area (Å²) in [4.78, 5) is 39.0. The van der Waals surface area contributed by atoms with Gasteiger partial charge < -0.3 is 25.3 Å². The topological polar surface area (TPSA) is 93.7 Å². The lowest BCUT2D eigenvalue weighted by Crippen LogP contribution is -2.49. The van der Waals surface area contributed by atoms with Crippen molar-refractivity contribution in [3.63, 3.8) is 0 Å². The van der Waals surface area contributed by atoms with Crippen LogP contribution < -0.4 is 20.4 Å². The summed E-state index contributed by atoms with van der Waals surface area (Å²) in [7, 11) is 3.38. The summed E-state index contributed by atoms with van der Waals surface area (Å²) in [5.74, 6) is -4.32. The van der Waals surface area contributed by atoms with Crippen LogP contribution in [0.3, 0.4) is 0 Å². The van der Waals surface area contributed by atoms with Crippen molar-refractivity contribution in [2.45, 2.75) is 63.5 Å². The second kappa shape index (κ2) is 10.4. The largest absolute Gasteiger partial charge is 0.348 e. The highest BCUT2D eigenvalue weighted by molar-refractivity contribution is 6.02. The van der Waals surface area contributed by atoms with Crippen LogP contribution in [-0.2, 0) is 4.79 Å². The van der Waals surface area contributed by atoms with Crippen molar-refractivity contribution in [3.05, 3.63) is 35.5 Å². The third kappa shape index (κ3) is 5.29. The molecule has 2 fully saturated rings. The number of amides is 2. The van der Waals surface area contributed by atoms with Crippen LogP contribution >= 0.6 is 0 Å². The molecule has 1 saturated carbocycles. The van der Waals surface area contributed by atoms with Crippen molar-refractivity contribution in [1.82, 2.24) is 20.2 Å². The fraction of sp³-hybridized carbons (Fsp3) is 0.556. The van der Waals surface area contributed by atoms with Gasteiger partial charge in [-0.2, -0.15) is 13.8 Å². The first kappa shape index (κ1) is 26.3. The van der Waals surface area contributed by atoms with Gasteiger partial charge in [-0.15, -0.1) is 0 Å². The predicted octanol–water partition coefficient (Wildman–Crippen LogP) is 3.71. The number of likely N-dealkylation sites (N-methyl/N-ethyl adjacent to an activating group) is 1. The lowest BCUT2D eigenvalue weighted by Gasteiger charge is -2.35. The number of hydrogen-bond donors (Lipinski definition) is 2. The van der Waals surface area contributed by atoms with Crippen molar-refractivity contribution >= 4 is 35.0 Å². The van der Waals surface area contributed by atoms with Crippen molar-refractivity contribution < 1.29 is 18.4 Å². The van der Waals surface area contributed by atoms with Crippen molar-refractivity contribution in [2.24, 2.45) is 0 Å². The SMILES string of the molecule is Cc1cc(C(=O)NC2CCN(C)C2)ccc1Nc1ncc2c(n1)N(C1CCCCC1)CC(F)(F)C(=O)N2C. The molecular formula is C27H35F2N7O2. The fourth-order valence-corrected chi connectivity index (χ4v) is 5.67. The highest BCUT2D eigenvalue weighted by atomic mass is 19.3. The number of fused-ring (bicyclic) bond motifs is 1. The number of halogens is 2. The van der Waals surface area contributed by atoms with E-state index in [0.717, 1.165) is 62.1 Å². The van der Waals surface area contributed by atoms with Crippen molar-refractivity contribution in [2.75, 3.05) is 48.8 Å². The number of hydrogen-bond acceptors (Lipinski definition) is 7. The number of nitrogens with one attached hydrogen (secondary N) is 2. The molecule has 1 saturated heterocycles. The van der Waals surface area contributed by atoms with Crippen LogP contribution in [0.5, 0.6) is 0 Å². The van der Waals surface area contributed by atoms with Crippen LogP contribution in [0.15, 0.2) is 24.4 Å². The summed E-state index contributed by atoms with van der Waals surface area (Å²) >= 11 is 0. The van der Waals surface area contributed by atoms with Crippen LogP contribution in [0.25, 0.3) is 0 Å². The van der Waals surface area contributed by atoms with E-state index in [0.29, 0.717) is 17.1 Å². The Morgan fingerprint density at radius 1 is 1.13 bits per heavy atom. The van der Waals surface area contributed by atoms with Crippen LogP contribution in [0, 0.1) is 6.92 Å². The van der Waals surface area contributed by atoms with Crippen LogP contribution in [-0.4, -0.2) is 78.4 Å². The molecule has 5 rings (SSSR count). The smallest absolute Gasteiger partial charge is 0.342 e. The molecule has 1 atom stereocenters. The molecule has 0 spiro atoms. The molecule has 1 aromatic heterocycles. The van der Waals surface area contributed by atoms with Gasteiger partial charge >= 0.3 is 5.92 Å². The average Bonchev–Trinajstić information content (AvgIpc) is 3.29. The van der Waals surface area contributed by atoms with Gasteiger partial charge in [0.1, 0.15) is 5.69 Å². The maximum atomic E-state index is 14.9. The normalized spacial score (nSPS) is 22.2. The average molecular weight is 528 g/mol. The third-order valence-electron chi connectivity index (χ3n) is 7.85. The predicted molar refractivity (Wildman–Crippen MR) is 142 cm³/mol. The Bertz CT molecular complexity index is 1220. The van der Waals surface area contributed by atoms with E-state index in [9.17, 15) is 18.4 Å². The first-order valence-corrected chi connectivity index (χ1v) is 13.3. The molecule has 2 amide bonds. The molecule has 0 radical (unpaired) electrons. The van der Waals surface area contributed by atoms with Gasteiger partial charge in [-0.3, -0.25) is 9.59 Å². The van der Waals surface area contributed by atoms with E-state index in [1.165, 1.54) is 13.2 Å². The van der Waals surface area contributed by atoms with Gasteiger partial charge in [-0.1, -0.05) is 19.3 Å². The Balaban J connectivity index is 1.39. The Morgan fingerprint density at radius 3 is 2.58 bits per heavy atom. The molecule has 38 heavy (non-hydrogen) atoms. The Hall–Kier alpha value is -3.34. The molecule has 2 N–H and O–H groups in total. The van der Waals surface area contributed by atoms with Crippen molar-refractivity contribution in [1.29, 1.82) is 0 Å². The molecule has 1 aliphatic carbocycles. The number of benzene rings is 1. The van der Waals surface area contributed by atoms with E-state index in [2.05, 4.69) is 25.5 Å². The highest BCUT2D eigenvalue weighted by Crippen LogP contribution is 2.39. The zero-order valence-electron chi connectivity index (χ0n) is 22.1.